The van der Waals surface area contributed by atoms with Crippen molar-refractivity contribution < 1.29 is 14.3 Å². The Bertz CT molecular complexity index is 804. The Morgan fingerprint density at radius 2 is 1.64 bits per heavy atom. The van der Waals surface area contributed by atoms with Crippen molar-refractivity contribution in [3.05, 3.63) is 70.7 Å². The highest BCUT2D eigenvalue weighted by molar-refractivity contribution is 6.31. The van der Waals surface area contributed by atoms with Crippen LogP contribution in [0.25, 0.3) is 0 Å². The summed E-state index contributed by atoms with van der Waals surface area (Å²) >= 11 is 6.32. The Morgan fingerprint density at radius 3 is 2.29 bits per heavy atom. The Balaban J connectivity index is 1.60. The van der Waals surface area contributed by atoms with Crippen molar-refractivity contribution in [1.82, 2.24) is 9.80 Å². The number of hydrogen-bond donors (Lipinski definition) is 0. The maximum absolute atomic E-state index is 12.6. The monoisotopic (exact) mass is 400 g/mol. The first kappa shape index (κ1) is 20.4. The van der Waals surface area contributed by atoms with Gasteiger partial charge in [0.05, 0.1) is 7.11 Å². The van der Waals surface area contributed by atoms with E-state index in [0.717, 1.165) is 12.0 Å². The van der Waals surface area contributed by atoms with E-state index in [1.807, 2.05) is 58.3 Å². The van der Waals surface area contributed by atoms with E-state index in [1.165, 1.54) is 12.7 Å². The van der Waals surface area contributed by atoms with Gasteiger partial charge in [-0.1, -0.05) is 60.1 Å². The standard InChI is InChI=1S/C22H25ClN2O3/c1-28-22(27)21(18-9-5-6-10-19(18)23)25-15-13-24(14-16-25)20(26)12-11-17-7-3-2-4-8-17/h2-10,21H,11-16H2,1H3/t21-/m1/s1. The largest absolute Gasteiger partial charge is 0.468 e. The summed E-state index contributed by atoms with van der Waals surface area (Å²) < 4.78 is 5.02. The van der Waals surface area contributed by atoms with Crippen LogP contribution >= 0.6 is 11.6 Å². The molecule has 0 saturated carbocycles. The molecule has 2 aromatic rings. The molecule has 3 rings (SSSR count). The fraction of sp³-hybridized carbons (Fsp3) is 0.364. The van der Waals surface area contributed by atoms with E-state index in [4.69, 9.17) is 16.3 Å². The maximum atomic E-state index is 12.6. The molecule has 1 amide bonds. The predicted molar refractivity (Wildman–Crippen MR) is 109 cm³/mol. The fourth-order valence-electron chi connectivity index (χ4n) is 3.56. The summed E-state index contributed by atoms with van der Waals surface area (Å²) in [4.78, 5) is 28.9. The number of nitrogens with zero attached hydrogens (tertiary/aromatic N) is 2. The Kier molecular flexibility index (Phi) is 7.06. The molecule has 1 aliphatic rings. The molecule has 1 aliphatic heterocycles. The number of ether oxygens (including phenoxy) is 1. The summed E-state index contributed by atoms with van der Waals surface area (Å²) in [6, 6.07) is 16.8. The van der Waals surface area contributed by atoms with Crippen molar-refractivity contribution >= 4 is 23.5 Å². The molecule has 0 aliphatic carbocycles. The molecular weight excluding hydrogens is 376 g/mol. The Hall–Kier alpha value is -2.37. The zero-order valence-electron chi connectivity index (χ0n) is 16.0. The van der Waals surface area contributed by atoms with Gasteiger partial charge in [-0.25, -0.2) is 4.79 Å². The van der Waals surface area contributed by atoms with Gasteiger partial charge in [0, 0.05) is 37.6 Å². The highest BCUT2D eigenvalue weighted by atomic mass is 35.5. The van der Waals surface area contributed by atoms with E-state index in [9.17, 15) is 9.59 Å². The molecule has 0 radical (unpaired) electrons. The van der Waals surface area contributed by atoms with Crippen LogP contribution in [-0.4, -0.2) is 55.0 Å². The lowest BCUT2D eigenvalue weighted by atomic mass is 10.0. The third-order valence-corrected chi connectivity index (χ3v) is 5.47. The number of carbonyl (C=O) groups excluding carboxylic acids is 2. The van der Waals surface area contributed by atoms with Crippen LogP contribution in [0.5, 0.6) is 0 Å². The molecule has 5 nitrogen and oxygen atoms in total. The Morgan fingerprint density at radius 1 is 1.00 bits per heavy atom. The number of hydrogen-bond acceptors (Lipinski definition) is 4. The molecule has 0 aromatic heterocycles. The molecule has 6 heteroatoms. The van der Waals surface area contributed by atoms with E-state index < -0.39 is 6.04 Å². The zero-order valence-corrected chi connectivity index (χ0v) is 16.8. The lowest BCUT2D eigenvalue weighted by molar-refractivity contribution is -0.148. The second-order valence-electron chi connectivity index (χ2n) is 6.85. The van der Waals surface area contributed by atoms with Crippen LogP contribution in [0.1, 0.15) is 23.6 Å². The van der Waals surface area contributed by atoms with Crippen molar-refractivity contribution in [2.75, 3.05) is 33.3 Å². The van der Waals surface area contributed by atoms with Crippen LogP contribution in [0.4, 0.5) is 0 Å². The average Bonchev–Trinajstić information content (AvgIpc) is 2.74. The molecule has 1 saturated heterocycles. The van der Waals surface area contributed by atoms with Gasteiger partial charge >= 0.3 is 5.97 Å². The molecule has 0 unspecified atom stereocenters. The highest BCUT2D eigenvalue weighted by Gasteiger charge is 2.33. The minimum Gasteiger partial charge on any atom is -0.468 e. The van der Waals surface area contributed by atoms with Gasteiger partial charge < -0.3 is 9.64 Å². The van der Waals surface area contributed by atoms with Crippen molar-refractivity contribution in [1.29, 1.82) is 0 Å². The molecule has 0 bridgehead atoms. The number of amides is 1. The third-order valence-electron chi connectivity index (χ3n) is 5.13. The van der Waals surface area contributed by atoms with E-state index >= 15 is 0 Å². The van der Waals surface area contributed by atoms with Crippen molar-refractivity contribution in [3.63, 3.8) is 0 Å². The number of benzene rings is 2. The van der Waals surface area contributed by atoms with E-state index in [1.54, 1.807) is 6.07 Å². The van der Waals surface area contributed by atoms with Crippen LogP contribution in [0.15, 0.2) is 54.6 Å². The second-order valence-corrected chi connectivity index (χ2v) is 7.26. The summed E-state index contributed by atoms with van der Waals surface area (Å²) in [7, 11) is 1.38. The van der Waals surface area contributed by atoms with Gasteiger partial charge in [0.1, 0.15) is 6.04 Å². The number of piperazine rings is 1. The summed E-state index contributed by atoms with van der Waals surface area (Å²) in [6.07, 6.45) is 1.24. The minimum atomic E-state index is -0.555. The van der Waals surface area contributed by atoms with Gasteiger partial charge in [-0.3, -0.25) is 9.69 Å². The van der Waals surface area contributed by atoms with Crippen molar-refractivity contribution in [2.24, 2.45) is 0 Å². The zero-order chi connectivity index (χ0) is 19.9. The van der Waals surface area contributed by atoms with Gasteiger partial charge in [0.2, 0.25) is 5.91 Å². The van der Waals surface area contributed by atoms with E-state index in [0.29, 0.717) is 37.6 Å². The summed E-state index contributed by atoms with van der Waals surface area (Å²) in [5.74, 6) is -0.187. The van der Waals surface area contributed by atoms with E-state index in [-0.39, 0.29) is 11.9 Å². The molecule has 1 atom stereocenters. The van der Waals surface area contributed by atoms with Gasteiger partial charge in [-0.15, -0.1) is 0 Å². The van der Waals surface area contributed by atoms with Gasteiger partial charge in [-0.05, 0) is 23.6 Å². The molecule has 2 aromatic carbocycles. The van der Waals surface area contributed by atoms with E-state index in [2.05, 4.69) is 0 Å². The maximum Gasteiger partial charge on any atom is 0.327 e. The van der Waals surface area contributed by atoms with Gasteiger partial charge in [0.25, 0.3) is 0 Å². The molecule has 28 heavy (non-hydrogen) atoms. The second kappa shape index (κ2) is 9.71. The first-order valence-electron chi connectivity index (χ1n) is 9.48. The van der Waals surface area contributed by atoms with Crippen molar-refractivity contribution in [3.8, 4) is 0 Å². The quantitative estimate of drug-likeness (QED) is 0.698. The number of carbonyl (C=O) groups is 2. The van der Waals surface area contributed by atoms with Crippen LogP contribution < -0.4 is 0 Å². The smallest absolute Gasteiger partial charge is 0.327 e. The highest BCUT2D eigenvalue weighted by Crippen LogP contribution is 2.29. The molecule has 0 N–H and O–H groups in total. The number of esters is 1. The number of halogens is 1. The normalized spacial score (nSPS) is 15.9. The van der Waals surface area contributed by atoms with Crippen LogP contribution in [0.2, 0.25) is 5.02 Å². The topological polar surface area (TPSA) is 49.9 Å². The van der Waals surface area contributed by atoms with Gasteiger partial charge in [-0.2, -0.15) is 0 Å². The number of methoxy groups -OCH3 is 1. The molecular formula is C22H25ClN2O3. The molecule has 1 fully saturated rings. The van der Waals surface area contributed by atoms with Crippen LogP contribution in [0, 0.1) is 0 Å². The molecule has 0 spiro atoms. The minimum absolute atomic E-state index is 0.149. The van der Waals surface area contributed by atoms with Crippen LogP contribution in [0.3, 0.4) is 0 Å². The summed E-state index contributed by atoms with van der Waals surface area (Å²) in [5.41, 5.74) is 1.90. The van der Waals surface area contributed by atoms with Crippen molar-refractivity contribution in [2.45, 2.75) is 18.9 Å². The fourth-order valence-corrected chi connectivity index (χ4v) is 3.80. The summed E-state index contributed by atoms with van der Waals surface area (Å²) in [6.45, 7) is 2.38. The third kappa shape index (κ3) is 4.91. The lowest BCUT2D eigenvalue weighted by Crippen LogP contribution is -2.51. The number of rotatable bonds is 6. The first-order chi connectivity index (χ1) is 13.6. The average molecular weight is 401 g/mol. The SMILES string of the molecule is COC(=O)[C@@H](c1ccccc1Cl)N1CCN(C(=O)CCc2ccccc2)CC1. The first-order valence-corrected chi connectivity index (χ1v) is 9.86. The predicted octanol–water partition coefficient (Wildman–Crippen LogP) is 3.33. The molecule has 1 heterocycles. The number of aryl methyl sites for hydroxylation is 1. The Labute approximate surface area is 170 Å². The van der Waals surface area contributed by atoms with Gasteiger partial charge in [0.15, 0.2) is 0 Å². The summed E-state index contributed by atoms with van der Waals surface area (Å²) in [5, 5.41) is 0.541. The van der Waals surface area contributed by atoms with Crippen LogP contribution in [-0.2, 0) is 20.7 Å². The molecule has 148 valence electrons. The lowest BCUT2D eigenvalue weighted by Gasteiger charge is -2.38.